The Kier molecular flexibility index (Phi) is 4.64. The predicted molar refractivity (Wildman–Crippen MR) is 80.7 cm³/mol. The van der Waals surface area contributed by atoms with E-state index in [0.717, 1.165) is 25.6 Å². The van der Waals surface area contributed by atoms with Crippen LogP contribution in [0.5, 0.6) is 0 Å². The lowest BCUT2D eigenvalue weighted by atomic mass is 9.89. The average Bonchev–Trinajstić information content (AvgIpc) is 3.09. The molecule has 2 atom stereocenters. The van der Waals surface area contributed by atoms with E-state index in [1.807, 2.05) is 0 Å². The second-order valence-electron chi connectivity index (χ2n) is 6.01. The molecule has 0 saturated heterocycles. The Labute approximate surface area is 117 Å². The minimum atomic E-state index is 0.374. The molecule has 1 aromatic rings. The van der Waals surface area contributed by atoms with Gasteiger partial charge in [0.15, 0.2) is 0 Å². The maximum atomic E-state index is 5.11. The lowest BCUT2D eigenvalue weighted by molar-refractivity contribution is 0.198. The topological polar surface area (TPSA) is 21.3 Å². The quantitative estimate of drug-likeness (QED) is 0.761. The van der Waals surface area contributed by atoms with Gasteiger partial charge in [0, 0.05) is 25.6 Å². The van der Waals surface area contributed by atoms with E-state index in [1.54, 1.807) is 7.11 Å². The summed E-state index contributed by atoms with van der Waals surface area (Å²) in [6.45, 7) is 9.53. The van der Waals surface area contributed by atoms with Crippen molar-refractivity contribution in [3.05, 3.63) is 34.9 Å². The van der Waals surface area contributed by atoms with Crippen LogP contribution < -0.4 is 5.32 Å². The summed E-state index contributed by atoms with van der Waals surface area (Å²) in [4.78, 5) is 0. The van der Waals surface area contributed by atoms with E-state index in [1.165, 1.54) is 29.5 Å². The Morgan fingerprint density at radius 2 is 1.95 bits per heavy atom. The molecule has 0 radical (unpaired) electrons. The van der Waals surface area contributed by atoms with E-state index in [-0.39, 0.29) is 0 Å². The Bertz CT molecular complexity index is 409. The molecule has 0 amide bonds. The largest absolute Gasteiger partial charge is 0.383 e. The molecule has 2 unspecified atom stereocenters. The molecule has 1 aliphatic rings. The molecule has 0 aromatic heterocycles. The summed E-state index contributed by atoms with van der Waals surface area (Å²) in [5.41, 5.74) is 4.67. The first-order valence-electron chi connectivity index (χ1n) is 7.41. The molecular formula is C17H27NO. The minimum Gasteiger partial charge on any atom is -0.383 e. The van der Waals surface area contributed by atoms with Crippen LogP contribution in [0.1, 0.15) is 36.5 Å². The molecule has 0 spiro atoms. The van der Waals surface area contributed by atoms with Gasteiger partial charge >= 0.3 is 0 Å². The summed E-state index contributed by atoms with van der Waals surface area (Å²) in [6.07, 6.45) is 2.60. The van der Waals surface area contributed by atoms with Crippen LogP contribution >= 0.6 is 0 Å². The first-order chi connectivity index (χ1) is 9.12. The lowest BCUT2D eigenvalue weighted by Crippen LogP contribution is -2.31. The van der Waals surface area contributed by atoms with Gasteiger partial charge in [-0.05, 0) is 31.7 Å². The molecule has 1 aromatic carbocycles. The monoisotopic (exact) mass is 261 g/mol. The Balaban J connectivity index is 2.11. The van der Waals surface area contributed by atoms with E-state index in [4.69, 9.17) is 4.74 Å². The minimum absolute atomic E-state index is 0.374. The Hall–Kier alpha value is -0.860. The number of methoxy groups -OCH3 is 1. The van der Waals surface area contributed by atoms with Crippen LogP contribution in [0.15, 0.2) is 18.2 Å². The van der Waals surface area contributed by atoms with Gasteiger partial charge in [-0.3, -0.25) is 0 Å². The second kappa shape index (κ2) is 6.06. The zero-order valence-corrected chi connectivity index (χ0v) is 12.8. The Morgan fingerprint density at radius 1 is 1.26 bits per heavy atom. The van der Waals surface area contributed by atoms with Crippen molar-refractivity contribution in [1.82, 2.24) is 5.32 Å². The van der Waals surface area contributed by atoms with Crippen molar-refractivity contribution in [2.24, 2.45) is 5.92 Å². The van der Waals surface area contributed by atoms with Crippen molar-refractivity contribution in [2.75, 3.05) is 26.8 Å². The van der Waals surface area contributed by atoms with E-state index < -0.39 is 0 Å². The number of nitrogens with one attached hydrogen (secondary N) is 1. The average molecular weight is 261 g/mol. The van der Waals surface area contributed by atoms with Gasteiger partial charge in [-0.15, -0.1) is 0 Å². The van der Waals surface area contributed by atoms with Crippen LogP contribution in [0.25, 0.3) is 0 Å². The second-order valence-corrected chi connectivity index (χ2v) is 6.01. The van der Waals surface area contributed by atoms with Gasteiger partial charge < -0.3 is 10.1 Å². The SMILES string of the molecule is CCC1CC1(CNCCOC)c1cc(C)cc(C)c1. The number of aryl methyl sites for hydroxylation is 2. The molecule has 0 heterocycles. The summed E-state index contributed by atoms with van der Waals surface area (Å²) in [5, 5.41) is 3.57. The van der Waals surface area contributed by atoms with Crippen molar-refractivity contribution in [2.45, 2.75) is 39.0 Å². The molecule has 1 saturated carbocycles. The van der Waals surface area contributed by atoms with Gasteiger partial charge in [0.25, 0.3) is 0 Å². The van der Waals surface area contributed by atoms with Gasteiger partial charge in [-0.2, -0.15) is 0 Å². The number of hydrogen-bond donors (Lipinski definition) is 1. The molecule has 2 rings (SSSR count). The highest BCUT2D eigenvalue weighted by Gasteiger charge is 2.53. The maximum Gasteiger partial charge on any atom is 0.0587 e. The smallest absolute Gasteiger partial charge is 0.0587 e. The first-order valence-corrected chi connectivity index (χ1v) is 7.41. The first kappa shape index (κ1) is 14.5. The van der Waals surface area contributed by atoms with Crippen molar-refractivity contribution >= 4 is 0 Å². The third kappa shape index (κ3) is 3.18. The van der Waals surface area contributed by atoms with Gasteiger partial charge in [0.05, 0.1) is 6.61 Å². The normalized spacial score (nSPS) is 25.6. The van der Waals surface area contributed by atoms with E-state index in [0.29, 0.717) is 5.41 Å². The highest BCUT2D eigenvalue weighted by Crippen LogP contribution is 2.55. The summed E-state index contributed by atoms with van der Waals surface area (Å²) in [6, 6.07) is 7.01. The van der Waals surface area contributed by atoms with Gasteiger partial charge in [0.1, 0.15) is 0 Å². The summed E-state index contributed by atoms with van der Waals surface area (Å²) < 4.78 is 5.11. The van der Waals surface area contributed by atoms with Crippen LogP contribution in [-0.4, -0.2) is 26.8 Å². The van der Waals surface area contributed by atoms with E-state index in [9.17, 15) is 0 Å². The molecule has 19 heavy (non-hydrogen) atoms. The fourth-order valence-corrected chi connectivity index (χ4v) is 3.34. The Morgan fingerprint density at radius 3 is 2.47 bits per heavy atom. The molecule has 0 aliphatic heterocycles. The molecule has 1 N–H and O–H groups in total. The van der Waals surface area contributed by atoms with Crippen molar-refractivity contribution in [1.29, 1.82) is 0 Å². The fourth-order valence-electron chi connectivity index (χ4n) is 3.34. The van der Waals surface area contributed by atoms with Crippen molar-refractivity contribution in [3.8, 4) is 0 Å². The molecule has 1 aliphatic carbocycles. The third-order valence-corrected chi connectivity index (χ3v) is 4.44. The predicted octanol–water partition coefficient (Wildman–Crippen LogP) is 3.21. The highest BCUT2D eigenvalue weighted by molar-refractivity contribution is 5.39. The highest BCUT2D eigenvalue weighted by atomic mass is 16.5. The van der Waals surface area contributed by atoms with Crippen LogP contribution in [0, 0.1) is 19.8 Å². The van der Waals surface area contributed by atoms with Crippen LogP contribution in [0.4, 0.5) is 0 Å². The maximum absolute atomic E-state index is 5.11. The third-order valence-electron chi connectivity index (χ3n) is 4.44. The fraction of sp³-hybridized carbons (Fsp3) is 0.647. The van der Waals surface area contributed by atoms with E-state index in [2.05, 4.69) is 44.3 Å². The number of hydrogen-bond acceptors (Lipinski definition) is 2. The van der Waals surface area contributed by atoms with Gasteiger partial charge in [-0.25, -0.2) is 0 Å². The van der Waals surface area contributed by atoms with Gasteiger partial charge in [0.2, 0.25) is 0 Å². The zero-order valence-electron chi connectivity index (χ0n) is 12.8. The van der Waals surface area contributed by atoms with Crippen molar-refractivity contribution in [3.63, 3.8) is 0 Å². The molecule has 0 bridgehead atoms. The standard InChI is InChI=1S/C17H27NO/c1-5-15-11-17(15,12-18-6-7-19-4)16-9-13(2)8-14(3)10-16/h8-10,15,18H,5-7,11-12H2,1-4H3. The van der Waals surface area contributed by atoms with Crippen LogP contribution in [0.3, 0.4) is 0 Å². The molecule has 1 fully saturated rings. The van der Waals surface area contributed by atoms with Crippen molar-refractivity contribution < 1.29 is 4.74 Å². The number of benzene rings is 1. The van der Waals surface area contributed by atoms with E-state index >= 15 is 0 Å². The zero-order chi connectivity index (χ0) is 13.9. The molecule has 106 valence electrons. The summed E-state index contributed by atoms with van der Waals surface area (Å²) in [7, 11) is 1.76. The molecular weight excluding hydrogens is 234 g/mol. The van der Waals surface area contributed by atoms with Gasteiger partial charge in [-0.1, -0.05) is 42.7 Å². The number of rotatable bonds is 7. The molecule has 2 nitrogen and oxygen atoms in total. The molecule has 2 heteroatoms. The summed E-state index contributed by atoms with van der Waals surface area (Å²) >= 11 is 0. The summed E-state index contributed by atoms with van der Waals surface area (Å²) in [5.74, 6) is 0.837. The van der Waals surface area contributed by atoms with Crippen LogP contribution in [-0.2, 0) is 10.2 Å². The van der Waals surface area contributed by atoms with Crippen LogP contribution in [0.2, 0.25) is 0 Å². The number of ether oxygens (including phenoxy) is 1. The lowest BCUT2D eigenvalue weighted by Gasteiger charge is -2.20.